The fraction of sp³-hybridized carbons (Fsp3) is 0.360. The molecule has 0 bridgehead atoms. The topological polar surface area (TPSA) is 68.6 Å². The van der Waals surface area contributed by atoms with Gasteiger partial charge in [0.1, 0.15) is 0 Å². The third-order valence-corrected chi connectivity index (χ3v) is 6.43. The molecule has 2 aliphatic rings. The molecule has 7 heteroatoms. The van der Waals surface area contributed by atoms with Gasteiger partial charge in [0.05, 0.1) is 36.9 Å². The van der Waals surface area contributed by atoms with Crippen LogP contribution in [0, 0.1) is 0 Å². The number of hydrogen-bond donors (Lipinski definition) is 1. The van der Waals surface area contributed by atoms with Crippen LogP contribution in [0.4, 0.5) is 5.95 Å². The molecule has 166 valence electrons. The number of aromatic nitrogens is 2. The number of imidazole rings is 1. The van der Waals surface area contributed by atoms with Crippen molar-refractivity contribution in [3.05, 3.63) is 59.3 Å². The maximum absolute atomic E-state index is 13.9. The number of carbonyl (C=O) groups excluding carboxylic acids is 1. The first-order chi connectivity index (χ1) is 15.6. The summed E-state index contributed by atoms with van der Waals surface area (Å²) in [5, 5.41) is 3.40. The van der Waals surface area contributed by atoms with Crippen LogP contribution >= 0.6 is 0 Å². The Kier molecular flexibility index (Phi) is 5.25. The summed E-state index contributed by atoms with van der Waals surface area (Å²) in [5.41, 5.74) is 4.24. The molecule has 5 rings (SSSR count). The van der Waals surface area contributed by atoms with Crippen molar-refractivity contribution in [3.63, 3.8) is 0 Å². The molecule has 3 aromatic rings. The largest absolute Gasteiger partial charge is 0.493 e. The quantitative estimate of drug-likeness (QED) is 0.664. The fourth-order valence-corrected chi connectivity index (χ4v) is 4.93. The second kappa shape index (κ2) is 8.22. The number of piperidine rings is 1. The molecule has 32 heavy (non-hydrogen) atoms. The molecule has 2 aromatic carbocycles. The first kappa shape index (κ1) is 20.4. The summed E-state index contributed by atoms with van der Waals surface area (Å²) in [6, 6.07) is 13.4. The molecule has 0 spiro atoms. The van der Waals surface area contributed by atoms with Gasteiger partial charge in [0.2, 0.25) is 5.95 Å². The lowest BCUT2D eigenvalue weighted by atomic mass is 9.92. The van der Waals surface area contributed by atoms with Gasteiger partial charge in [0.15, 0.2) is 11.5 Å². The summed E-state index contributed by atoms with van der Waals surface area (Å²) in [6.45, 7) is 3.53. The zero-order chi connectivity index (χ0) is 22.2. The number of methoxy groups -OCH3 is 2. The summed E-state index contributed by atoms with van der Waals surface area (Å²) in [7, 11) is 3.26. The molecule has 0 unspecified atom stereocenters. The molecular formula is C25H28N4O3. The van der Waals surface area contributed by atoms with E-state index in [1.807, 2.05) is 54.3 Å². The Morgan fingerprint density at radius 2 is 1.81 bits per heavy atom. The number of carbonyl (C=O) groups is 1. The molecule has 0 aliphatic carbocycles. The predicted molar refractivity (Wildman–Crippen MR) is 124 cm³/mol. The van der Waals surface area contributed by atoms with E-state index in [1.54, 1.807) is 14.2 Å². The van der Waals surface area contributed by atoms with Crippen molar-refractivity contribution < 1.29 is 14.3 Å². The Bertz CT molecular complexity index is 1210. The molecule has 1 N–H and O–H groups in total. The number of para-hydroxylation sites is 3. The number of ether oxygens (including phenoxy) is 2. The van der Waals surface area contributed by atoms with E-state index in [0.29, 0.717) is 23.0 Å². The van der Waals surface area contributed by atoms with E-state index in [0.717, 1.165) is 48.2 Å². The van der Waals surface area contributed by atoms with E-state index < -0.39 is 6.04 Å². The molecule has 1 amide bonds. The summed E-state index contributed by atoms with van der Waals surface area (Å²) in [4.78, 5) is 20.7. The van der Waals surface area contributed by atoms with Crippen molar-refractivity contribution in [1.29, 1.82) is 0 Å². The van der Waals surface area contributed by atoms with Gasteiger partial charge in [-0.15, -0.1) is 0 Å². The minimum Gasteiger partial charge on any atom is -0.493 e. The normalized spacial score (nSPS) is 18.3. The summed E-state index contributed by atoms with van der Waals surface area (Å²) in [5.74, 6) is 2.04. The Balaban J connectivity index is 1.75. The average Bonchev–Trinajstić information content (AvgIpc) is 3.20. The molecular weight excluding hydrogens is 404 g/mol. The first-order valence-electron chi connectivity index (χ1n) is 11.1. The lowest BCUT2D eigenvalue weighted by Gasteiger charge is -2.35. The number of amides is 1. The van der Waals surface area contributed by atoms with Gasteiger partial charge in [0, 0.05) is 24.4 Å². The van der Waals surface area contributed by atoms with E-state index >= 15 is 0 Å². The molecule has 1 aromatic heterocycles. The number of allylic oxidation sites excluding steroid dienone is 1. The van der Waals surface area contributed by atoms with Crippen LogP contribution in [0.15, 0.2) is 53.7 Å². The Morgan fingerprint density at radius 3 is 2.56 bits per heavy atom. The van der Waals surface area contributed by atoms with Gasteiger partial charge in [-0.1, -0.05) is 24.3 Å². The van der Waals surface area contributed by atoms with Crippen LogP contribution < -0.4 is 14.8 Å². The zero-order valence-corrected chi connectivity index (χ0v) is 18.7. The summed E-state index contributed by atoms with van der Waals surface area (Å²) < 4.78 is 13.5. The third kappa shape index (κ3) is 3.20. The number of benzene rings is 2. The number of hydrogen-bond acceptors (Lipinski definition) is 5. The third-order valence-electron chi connectivity index (χ3n) is 6.43. The van der Waals surface area contributed by atoms with Crippen molar-refractivity contribution in [2.45, 2.75) is 32.2 Å². The van der Waals surface area contributed by atoms with Gasteiger partial charge in [0.25, 0.3) is 5.91 Å². The lowest BCUT2D eigenvalue weighted by Crippen LogP contribution is -2.40. The van der Waals surface area contributed by atoms with Gasteiger partial charge in [-0.2, -0.15) is 0 Å². The highest BCUT2D eigenvalue weighted by molar-refractivity contribution is 5.98. The Hall–Kier alpha value is -3.48. The highest BCUT2D eigenvalue weighted by Crippen LogP contribution is 2.45. The highest BCUT2D eigenvalue weighted by Gasteiger charge is 2.38. The lowest BCUT2D eigenvalue weighted by molar-refractivity contribution is -0.128. The second-order valence-electron chi connectivity index (χ2n) is 8.30. The Morgan fingerprint density at radius 1 is 1.03 bits per heavy atom. The maximum Gasteiger partial charge on any atom is 0.254 e. The number of rotatable bonds is 4. The predicted octanol–water partition coefficient (Wildman–Crippen LogP) is 4.35. The monoisotopic (exact) mass is 432 g/mol. The van der Waals surface area contributed by atoms with Gasteiger partial charge >= 0.3 is 0 Å². The fourth-order valence-electron chi connectivity index (χ4n) is 4.93. The van der Waals surface area contributed by atoms with Crippen molar-refractivity contribution in [2.75, 3.05) is 32.6 Å². The summed E-state index contributed by atoms with van der Waals surface area (Å²) >= 11 is 0. The van der Waals surface area contributed by atoms with Crippen LogP contribution in [-0.4, -0.2) is 47.7 Å². The van der Waals surface area contributed by atoms with Crippen molar-refractivity contribution in [2.24, 2.45) is 0 Å². The number of nitrogens with one attached hydrogen (secondary N) is 1. The molecule has 3 heterocycles. The van der Waals surface area contributed by atoms with Crippen LogP contribution in [-0.2, 0) is 4.79 Å². The Labute approximate surface area is 187 Å². The SMILES string of the molecule is COc1cccc([C@@H]2C(C(=O)N3CCCCC3)=C(C)Nc3nc4ccccc4n32)c1OC. The van der Waals surface area contributed by atoms with Gasteiger partial charge in [-0.05, 0) is 44.4 Å². The standard InChI is InChI=1S/C25H28N4O3/c1-16-21(24(30)28-14-7-4-8-15-28)22(17-10-9-13-20(31-2)23(17)32-3)29-19-12-6-5-11-18(19)27-25(29)26-16/h5-6,9-13,22H,4,7-8,14-15H2,1-3H3,(H,26,27)/t22-/m1/s1. The molecule has 7 nitrogen and oxygen atoms in total. The van der Waals surface area contributed by atoms with E-state index in [-0.39, 0.29) is 5.91 Å². The molecule has 0 radical (unpaired) electrons. The van der Waals surface area contributed by atoms with Gasteiger partial charge < -0.3 is 19.7 Å². The summed E-state index contributed by atoms with van der Waals surface area (Å²) in [6.07, 6.45) is 3.25. The van der Waals surface area contributed by atoms with E-state index in [9.17, 15) is 4.79 Å². The van der Waals surface area contributed by atoms with E-state index in [2.05, 4.69) is 9.88 Å². The molecule has 2 aliphatic heterocycles. The van der Waals surface area contributed by atoms with E-state index in [1.165, 1.54) is 6.42 Å². The number of likely N-dealkylation sites (tertiary alicyclic amines) is 1. The molecule has 1 atom stereocenters. The molecule has 1 fully saturated rings. The van der Waals surface area contributed by atoms with Crippen LogP contribution in [0.3, 0.4) is 0 Å². The van der Waals surface area contributed by atoms with Crippen molar-refractivity contribution in [1.82, 2.24) is 14.5 Å². The zero-order valence-electron chi connectivity index (χ0n) is 18.7. The van der Waals surface area contributed by atoms with Crippen LogP contribution in [0.1, 0.15) is 37.8 Å². The molecule has 0 saturated carbocycles. The minimum atomic E-state index is -0.391. The molecule has 1 saturated heterocycles. The average molecular weight is 433 g/mol. The van der Waals surface area contributed by atoms with Crippen LogP contribution in [0.2, 0.25) is 0 Å². The first-order valence-corrected chi connectivity index (χ1v) is 11.1. The number of nitrogens with zero attached hydrogens (tertiary/aromatic N) is 3. The number of fused-ring (bicyclic) bond motifs is 3. The van der Waals surface area contributed by atoms with Gasteiger partial charge in [-0.25, -0.2) is 4.98 Å². The van der Waals surface area contributed by atoms with Gasteiger partial charge in [-0.3, -0.25) is 9.36 Å². The second-order valence-corrected chi connectivity index (χ2v) is 8.30. The van der Waals surface area contributed by atoms with E-state index in [4.69, 9.17) is 14.5 Å². The van der Waals surface area contributed by atoms with Crippen LogP contribution in [0.5, 0.6) is 11.5 Å². The van der Waals surface area contributed by atoms with Crippen LogP contribution in [0.25, 0.3) is 11.0 Å². The van der Waals surface area contributed by atoms with Crippen molar-refractivity contribution in [3.8, 4) is 11.5 Å². The van der Waals surface area contributed by atoms with Crippen molar-refractivity contribution >= 4 is 22.9 Å². The highest BCUT2D eigenvalue weighted by atomic mass is 16.5. The smallest absolute Gasteiger partial charge is 0.254 e. The minimum absolute atomic E-state index is 0.0630. The number of anilines is 1. The maximum atomic E-state index is 13.9.